The summed E-state index contributed by atoms with van der Waals surface area (Å²) >= 11 is 0. The van der Waals surface area contributed by atoms with Crippen LogP contribution in [0.2, 0.25) is 0 Å². The third-order valence-electron chi connectivity index (χ3n) is 14.9. The average Bonchev–Trinajstić information content (AvgIpc) is 3.61. The molecule has 0 aliphatic heterocycles. The number of carbonyl (C=O) groups excluding carboxylic acids is 1. The van der Waals surface area contributed by atoms with Gasteiger partial charge in [0.2, 0.25) is 5.75 Å². The third-order valence-corrected chi connectivity index (χ3v) is 14.9. The second-order valence-electron chi connectivity index (χ2n) is 18.9. The van der Waals surface area contributed by atoms with Gasteiger partial charge in [-0.05, 0) is 126 Å². The number of H-pyrrole nitrogens is 1. The monoisotopic (exact) mass is 852 g/mol. The Balaban J connectivity index is 1.15. The number of allylic oxidation sites excluding steroid dienone is 1. The number of aromatic nitrogens is 1. The van der Waals surface area contributed by atoms with Crippen LogP contribution in [0, 0.1) is 23.7 Å². The molecule has 0 amide bonds. The van der Waals surface area contributed by atoms with Gasteiger partial charge in [-0.25, -0.2) is 0 Å². The van der Waals surface area contributed by atoms with Crippen LogP contribution in [-0.4, -0.2) is 49.1 Å². The minimum absolute atomic E-state index is 0.0256. The summed E-state index contributed by atoms with van der Waals surface area (Å²) in [6.45, 7) is 4.56. The first-order valence-electron chi connectivity index (χ1n) is 22.8. The Morgan fingerprint density at radius 2 is 1.76 bits per heavy atom. The van der Waals surface area contributed by atoms with E-state index in [1.54, 1.807) is 36.4 Å². The number of rotatable bonds is 15. The van der Waals surface area contributed by atoms with Gasteiger partial charge in [-0.3, -0.25) is 10.5 Å². The molecule has 1 fully saturated rings. The number of hydrogen-bond donors (Lipinski definition) is 7. The quantitative estimate of drug-likeness (QED) is 0.0307. The maximum Gasteiger partial charge on any atom is 0.200 e. The molecule has 1 saturated carbocycles. The first kappa shape index (κ1) is 42.6. The molecule has 1 heterocycles. The van der Waals surface area contributed by atoms with Crippen LogP contribution in [0.1, 0.15) is 116 Å². The SMILES string of the molecule is CC(C)CCC1CCCC2(C3CC4C=CC(C(O)CC(=O)CCc5ccc(O)c(OCN)c5)C3c3cc(O)c(O)c(OCc5cccc(O)c5)c34)c3ccccc3-c3[nH]ccc3C12. The number of nitrogens with two attached hydrogens (primary N) is 1. The van der Waals surface area contributed by atoms with E-state index in [-0.39, 0.29) is 95.5 Å². The number of Topliss-reactive ketones (excluding diaryl/α,β-unsaturated/α-hetero) is 1. The lowest BCUT2D eigenvalue weighted by molar-refractivity contribution is -0.121. The van der Waals surface area contributed by atoms with Crippen molar-refractivity contribution in [3.63, 3.8) is 0 Å². The van der Waals surface area contributed by atoms with Gasteiger partial charge in [0.1, 0.15) is 24.9 Å². The molecule has 5 aliphatic rings. The van der Waals surface area contributed by atoms with E-state index in [2.05, 4.69) is 67.5 Å². The highest BCUT2D eigenvalue weighted by atomic mass is 16.5. The smallest absolute Gasteiger partial charge is 0.200 e. The number of benzene rings is 4. The number of ketones is 1. The predicted molar refractivity (Wildman–Crippen MR) is 242 cm³/mol. The van der Waals surface area contributed by atoms with Crippen molar-refractivity contribution in [2.45, 2.75) is 108 Å². The standard InChI is InChI=1S/C53H60N2O8/c1-30(2)12-15-33-8-6-21-53(41-11-4-3-10-37(41)50-39(49(33)53)20-22-55-50)42-25-34-16-18-38(44(59)26-36(57)17-13-31-14-19-43(58)46(24-31)63-29-54)48(42)40-27-45(60)51(61)52(47(34)40)62-28-32-7-5-9-35(56)23-32/h3-5,7,9-11,14,16,18-20,22-24,27,30,33-34,38,42,44,48-49,55-56,58-61H,6,8,12-13,15,17,21,25-26,28-29,54H2,1-2H3. The van der Waals surface area contributed by atoms with Crippen LogP contribution in [0.4, 0.5) is 0 Å². The number of fused-ring (bicyclic) bond motifs is 9. The lowest BCUT2D eigenvalue weighted by Crippen LogP contribution is -2.53. The highest BCUT2D eigenvalue weighted by Crippen LogP contribution is 2.69. The Bertz CT molecular complexity index is 2510. The van der Waals surface area contributed by atoms with Crippen molar-refractivity contribution in [1.82, 2.24) is 4.98 Å². The zero-order valence-electron chi connectivity index (χ0n) is 36.2. The summed E-state index contributed by atoms with van der Waals surface area (Å²) in [7, 11) is 0. The number of aliphatic hydroxyl groups excluding tert-OH is 1. The largest absolute Gasteiger partial charge is 0.508 e. The number of nitrogens with one attached hydrogen (secondary N) is 1. The molecule has 0 spiro atoms. The summed E-state index contributed by atoms with van der Waals surface area (Å²) in [4.78, 5) is 17.6. The minimum atomic E-state index is -1.05. The molecule has 0 saturated heterocycles. The summed E-state index contributed by atoms with van der Waals surface area (Å²) in [6, 6.07) is 24.6. The topological polar surface area (TPSA) is 178 Å². The van der Waals surface area contributed by atoms with Gasteiger partial charge in [-0.15, -0.1) is 0 Å². The number of phenolic OH excluding ortho intramolecular Hbond substituents is 4. The van der Waals surface area contributed by atoms with Crippen LogP contribution >= 0.6 is 0 Å². The predicted octanol–water partition coefficient (Wildman–Crippen LogP) is 9.98. The Kier molecular flexibility index (Phi) is 11.8. The number of carbonyl (C=O) groups is 1. The van der Waals surface area contributed by atoms with Crippen LogP contribution in [0.3, 0.4) is 0 Å². The lowest BCUT2D eigenvalue weighted by Gasteiger charge is -2.59. The van der Waals surface area contributed by atoms with E-state index in [0.717, 1.165) is 48.8 Å². The van der Waals surface area contributed by atoms with Crippen molar-refractivity contribution >= 4 is 5.78 Å². The van der Waals surface area contributed by atoms with Crippen LogP contribution < -0.4 is 15.2 Å². The number of aromatic amines is 1. The molecule has 5 aromatic rings. The van der Waals surface area contributed by atoms with Crippen LogP contribution in [0.25, 0.3) is 11.3 Å². The number of aryl methyl sites for hydroxylation is 1. The van der Waals surface area contributed by atoms with Gasteiger partial charge in [-0.1, -0.05) is 81.3 Å². The summed E-state index contributed by atoms with van der Waals surface area (Å²) in [5, 5.41) is 56.2. The van der Waals surface area contributed by atoms with Gasteiger partial charge < -0.3 is 40.0 Å². The average molecular weight is 853 g/mol. The van der Waals surface area contributed by atoms with E-state index in [0.29, 0.717) is 30.2 Å². The molecule has 0 radical (unpaired) electrons. The number of ether oxygens (including phenoxy) is 2. The molecule has 10 nitrogen and oxygen atoms in total. The van der Waals surface area contributed by atoms with Gasteiger partial charge in [-0.2, -0.15) is 0 Å². The van der Waals surface area contributed by atoms with Crippen molar-refractivity contribution in [2.24, 2.45) is 29.4 Å². The van der Waals surface area contributed by atoms with E-state index in [4.69, 9.17) is 15.2 Å². The minimum Gasteiger partial charge on any atom is -0.508 e. The Morgan fingerprint density at radius 1 is 0.921 bits per heavy atom. The molecule has 8 unspecified atom stereocenters. The van der Waals surface area contributed by atoms with E-state index in [1.807, 2.05) is 6.07 Å². The highest BCUT2D eigenvalue weighted by Gasteiger charge is 2.60. The fraction of sp³-hybridized carbons (Fsp3) is 0.415. The molecular formula is C53H60N2O8. The van der Waals surface area contributed by atoms with E-state index < -0.39 is 12.0 Å². The van der Waals surface area contributed by atoms with Crippen molar-refractivity contribution in [1.29, 1.82) is 0 Å². The maximum absolute atomic E-state index is 13.9. The van der Waals surface area contributed by atoms with Crippen LogP contribution in [0.15, 0.2) is 97.2 Å². The first-order chi connectivity index (χ1) is 30.5. The number of aliphatic hydroxyl groups is 1. The van der Waals surface area contributed by atoms with Gasteiger partial charge >= 0.3 is 0 Å². The number of hydrogen-bond acceptors (Lipinski definition) is 9. The molecule has 8 N–H and O–H groups in total. The maximum atomic E-state index is 13.9. The third kappa shape index (κ3) is 7.75. The molecule has 10 rings (SSSR count). The van der Waals surface area contributed by atoms with Crippen molar-refractivity contribution in [3.8, 4) is 45.8 Å². The fourth-order valence-electron chi connectivity index (χ4n) is 12.3. The molecule has 2 bridgehead atoms. The molecule has 63 heavy (non-hydrogen) atoms. The fourth-order valence-corrected chi connectivity index (χ4v) is 12.3. The summed E-state index contributed by atoms with van der Waals surface area (Å²) in [5.74, 6) is -0.133. The van der Waals surface area contributed by atoms with E-state index >= 15 is 0 Å². The van der Waals surface area contributed by atoms with Crippen molar-refractivity contribution < 1.29 is 39.8 Å². The van der Waals surface area contributed by atoms with Crippen LogP contribution in [-0.2, 0) is 23.2 Å². The second-order valence-corrected chi connectivity index (χ2v) is 18.9. The van der Waals surface area contributed by atoms with Gasteiger partial charge in [0.15, 0.2) is 23.0 Å². The molecule has 1 aromatic heterocycles. The van der Waals surface area contributed by atoms with E-state index in [1.165, 1.54) is 28.5 Å². The first-order valence-corrected chi connectivity index (χ1v) is 22.8. The van der Waals surface area contributed by atoms with Gasteiger partial charge in [0.25, 0.3) is 0 Å². The second kappa shape index (κ2) is 17.5. The zero-order valence-corrected chi connectivity index (χ0v) is 36.2. The summed E-state index contributed by atoms with van der Waals surface area (Å²) in [5.41, 5.74) is 13.4. The molecule has 4 aromatic carbocycles. The Morgan fingerprint density at radius 3 is 2.57 bits per heavy atom. The Hall–Kier alpha value is -5.71. The summed E-state index contributed by atoms with van der Waals surface area (Å²) in [6.07, 6.45) is 11.9. The highest BCUT2D eigenvalue weighted by molar-refractivity contribution is 5.79. The molecule has 10 heteroatoms. The van der Waals surface area contributed by atoms with Gasteiger partial charge in [0.05, 0.1) is 6.10 Å². The molecular weight excluding hydrogens is 793 g/mol. The van der Waals surface area contributed by atoms with Crippen molar-refractivity contribution in [2.75, 3.05) is 6.73 Å². The number of aromatic hydroxyl groups is 4. The zero-order chi connectivity index (χ0) is 44.0. The van der Waals surface area contributed by atoms with Gasteiger partial charge in [0, 0.05) is 53.1 Å². The molecule has 330 valence electrons. The molecule has 5 aliphatic carbocycles. The normalized spacial score (nSPS) is 24.8. The Labute approximate surface area is 369 Å². The number of phenols is 4. The molecule has 8 atom stereocenters. The van der Waals surface area contributed by atoms with E-state index in [9.17, 15) is 30.3 Å². The van der Waals surface area contributed by atoms with Crippen molar-refractivity contribution in [3.05, 3.63) is 131 Å². The summed E-state index contributed by atoms with van der Waals surface area (Å²) < 4.78 is 11.8. The lowest BCUT2D eigenvalue weighted by atomic mass is 9.44. The van der Waals surface area contributed by atoms with Crippen LogP contribution in [0.5, 0.6) is 34.5 Å².